The normalized spacial score (nSPS) is 11.8. The van der Waals surface area contributed by atoms with Gasteiger partial charge in [-0.2, -0.15) is 9.49 Å². The topological polar surface area (TPSA) is 55.1 Å². The molecule has 0 saturated heterocycles. The molecule has 0 saturated carbocycles. The smallest absolute Gasteiger partial charge is 0.364 e. The molecular formula is C9H11FN2O2. The van der Waals surface area contributed by atoms with Gasteiger partial charge < -0.3 is 5.11 Å². The number of aryl methyl sites for hydroxylation is 2. The predicted octanol–water partition coefficient (Wildman–Crippen LogP) is 1.38. The molecule has 5 heteroatoms. The summed E-state index contributed by atoms with van der Waals surface area (Å²) in [5, 5.41) is 12.4. The Hall–Kier alpha value is -1.65. The van der Waals surface area contributed by atoms with Gasteiger partial charge >= 0.3 is 5.97 Å². The van der Waals surface area contributed by atoms with Gasteiger partial charge in [0.2, 0.25) is 5.83 Å². The number of halogens is 1. The molecule has 14 heavy (non-hydrogen) atoms. The lowest BCUT2D eigenvalue weighted by Crippen LogP contribution is -1.94. The van der Waals surface area contributed by atoms with Crippen molar-refractivity contribution >= 4 is 12.0 Å². The van der Waals surface area contributed by atoms with Crippen LogP contribution in [0.2, 0.25) is 0 Å². The molecule has 1 aromatic heterocycles. The number of carboxylic acids is 1. The molecule has 0 radical (unpaired) electrons. The molecule has 76 valence electrons. The van der Waals surface area contributed by atoms with Crippen LogP contribution in [0.25, 0.3) is 6.08 Å². The quantitative estimate of drug-likeness (QED) is 0.746. The molecule has 1 N–H and O–H groups in total. The van der Waals surface area contributed by atoms with Crippen molar-refractivity contribution in [3.05, 3.63) is 23.3 Å². The van der Waals surface area contributed by atoms with Crippen LogP contribution >= 0.6 is 0 Å². The second-order valence-corrected chi connectivity index (χ2v) is 2.86. The Balaban J connectivity index is 3.06. The summed E-state index contributed by atoms with van der Waals surface area (Å²) in [7, 11) is 1.70. The van der Waals surface area contributed by atoms with Crippen LogP contribution < -0.4 is 0 Å². The highest BCUT2D eigenvalue weighted by atomic mass is 19.1. The third-order valence-electron chi connectivity index (χ3n) is 1.76. The molecule has 0 aliphatic carbocycles. The third-order valence-corrected chi connectivity index (χ3v) is 1.76. The molecule has 0 aliphatic heterocycles. The summed E-state index contributed by atoms with van der Waals surface area (Å²) in [5.41, 5.74) is 1.19. The van der Waals surface area contributed by atoms with Crippen LogP contribution in [-0.2, 0) is 18.3 Å². The Morgan fingerprint density at radius 1 is 1.79 bits per heavy atom. The minimum Gasteiger partial charge on any atom is -0.476 e. The SMILES string of the molecule is CCc1nn(C)cc1/C=C(/F)C(=O)O. The molecule has 0 amide bonds. The summed E-state index contributed by atoms with van der Waals surface area (Å²) >= 11 is 0. The van der Waals surface area contributed by atoms with Crippen molar-refractivity contribution in [1.29, 1.82) is 0 Å². The molecule has 4 nitrogen and oxygen atoms in total. The first kappa shape index (κ1) is 10.4. The molecular weight excluding hydrogens is 187 g/mol. The lowest BCUT2D eigenvalue weighted by atomic mass is 10.2. The average molecular weight is 198 g/mol. The lowest BCUT2D eigenvalue weighted by Gasteiger charge is -1.91. The Bertz CT molecular complexity index is 382. The summed E-state index contributed by atoms with van der Waals surface area (Å²) in [6.07, 6.45) is 3.20. The van der Waals surface area contributed by atoms with E-state index in [4.69, 9.17) is 5.11 Å². The van der Waals surface area contributed by atoms with Gasteiger partial charge in [-0.25, -0.2) is 4.79 Å². The lowest BCUT2D eigenvalue weighted by molar-refractivity contribution is -0.134. The number of aromatic nitrogens is 2. The zero-order valence-electron chi connectivity index (χ0n) is 7.99. The number of carbonyl (C=O) groups is 1. The molecule has 0 bridgehead atoms. The van der Waals surface area contributed by atoms with Gasteiger partial charge in [0.05, 0.1) is 5.69 Å². The van der Waals surface area contributed by atoms with E-state index in [0.717, 1.165) is 6.08 Å². The van der Waals surface area contributed by atoms with Gasteiger partial charge in [0.25, 0.3) is 0 Å². The minimum absolute atomic E-state index is 0.509. The van der Waals surface area contributed by atoms with Gasteiger partial charge in [-0.1, -0.05) is 6.92 Å². The average Bonchev–Trinajstić information content (AvgIpc) is 2.45. The standard InChI is InChI=1S/C9H11FN2O2/c1-3-8-6(5-12(2)11-8)4-7(10)9(13)14/h4-5H,3H2,1-2H3,(H,13,14)/b7-4+. The minimum atomic E-state index is -1.56. The Labute approximate surface area is 80.7 Å². The van der Waals surface area contributed by atoms with E-state index in [2.05, 4.69) is 5.10 Å². The first-order chi connectivity index (χ1) is 6.54. The van der Waals surface area contributed by atoms with Crippen LogP contribution in [0.4, 0.5) is 4.39 Å². The number of hydrogen-bond acceptors (Lipinski definition) is 2. The summed E-state index contributed by atoms with van der Waals surface area (Å²) in [6.45, 7) is 1.87. The maximum atomic E-state index is 12.8. The molecule has 0 aromatic carbocycles. The van der Waals surface area contributed by atoms with Crippen molar-refractivity contribution in [2.75, 3.05) is 0 Å². The van der Waals surface area contributed by atoms with E-state index in [0.29, 0.717) is 17.7 Å². The fourth-order valence-corrected chi connectivity index (χ4v) is 1.15. The summed E-state index contributed by atoms with van der Waals surface area (Å²) in [5.74, 6) is -2.73. The largest absolute Gasteiger partial charge is 0.476 e. The summed E-state index contributed by atoms with van der Waals surface area (Å²) in [6, 6.07) is 0. The first-order valence-electron chi connectivity index (χ1n) is 4.17. The number of aliphatic carboxylic acids is 1. The number of rotatable bonds is 3. The maximum Gasteiger partial charge on any atom is 0.364 e. The Morgan fingerprint density at radius 3 is 2.93 bits per heavy atom. The van der Waals surface area contributed by atoms with Crippen molar-refractivity contribution in [3.63, 3.8) is 0 Å². The van der Waals surface area contributed by atoms with Crippen LogP contribution in [0.3, 0.4) is 0 Å². The Morgan fingerprint density at radius 2 is 2.43 bits per heavy atom. The predicted molar refractivity (Wildman–Crippen MR) is 49.3 cm³/mol. The van der Waals surface area contributed by atoms with Crippen molar-refractivity contribution in [2.45, 2.75) is 13.3 Å². The molecule has 0 aliphatic rings. The third kappa shape index (κ3) is 2.18. The van der Waals surface area contributed by atoms with Crippen molar-refractivity contribution < 1.29 is 14.3 Å². The molecule has 1 aromatic rings. The number of carboxylic acid groups (broad SMARTS) is 1. The highest BCUT2D eigenvalue weighted by molar-refractivity contribution is 5.89. The van der Waals surface area contributed by atoms with Gasteiger partial charge in [0.15, 0.2) is 0 Å². The van der Waals surface area contributed by atoms with Crippen molar-refractivity contribution in [1.82, 2.24) is 9.78 Å². The first-order valence-corrected chi connectivity index (χ1v) is 4.17. The fourth-order valence-electron chi connectivity index (χ4n) is 1.15. The zero-order valence-corrected chi connectivity index (χ0v) is 7.99. The van der Waals surface area contributed by atoms with Crippen LogP contribution in [-0.4, -0.2) is 20.9 Å². The second kappa shape index (κ2) is 4.04. The van der Waals surface area contributed by atoms with E-state index in [1.165, 1.54) is 4.68 Å². The second-order valence-electron chi connectivity index (χ2n) is 2.86. The van der Waals surface area contributed by atoms with Crippen LogP contribution in [0.5, 0.6) is 0 Å². The van der Waals surface area contributed by atoms with Crippen LogP contribution in [0.1, 0.15) is 18.2 Å². The zero-order chi connectivity index (χ0) is 10.7. The molecule has 1 heterocycles. The molecule has 0 atom stereocenters. The van der Waals surface area contributed by atoms with E-state index < -0.39 is 11.8 Å². The molecule has 0 spiro atoms. The molecule has 0 unspecified atom stereocenters. The summed E-state index contributed by atoms with van der Waals surface area (Å²) in [4.78, 5) is 10.2. The van der Waals surface area contributed by atoms with Gasteiger partial charge in [-0.3, -0.25) is 4.68 Å². The van der Waals surface area contributed by atoms with Crippen molar-refractivity contribution in [3.8, 4) is 0 Å². The summed E-state index contributed by atoms with van der Waals surface area (Å²) < 4.78 is 14.3. The highest BCUT2D eigenvalue weighted by Gasteiger charge is 2.09. The van der Waals surface area contributed by atoms with Gasteiger partial charge in [0, 0.05) is 18.8 Å². The maximum absolute atomic E-state index is 12.8. The van der Waals surface area contributed by atoms with Gasteiger partial charge in [-0.15, -0.1) is 0 Å². The van der Waals surface area contributed by atoms with Gasteiger partial charge in [0.1, 0.15) is 0 Å². The fraction of sp³-hybridized carbons (Fsp3) is 0.333. The number of hydrogen-bond donors (Lipinski definition) is 1. The molecule has 0 fully saturated rings. The number of nitrogens with zero attached hydrogens (tertiary/aromatic N) is 2. The van der Waals surface area contributed by atoms with Crippen LogP contribution in [0.15, 0.2) is 12.0 Å². The van der Waals surface area contributed by atoms with E-state index >= 15 is 0 Å². The molecule has 1 rings (SSSR count). The Kier molecular flexibility index (Phi) is 3.01. The van der Waals surface area contributed by atoms with E-state index in [-0.39, 0.29) is 0 Å². The van der Waals surface area contributed by atoms with Crippen LogP contribution in [0, 0.1) is 0 Å². The monoisotopic (exact) mass is 198 g/mol. The highest BCUT2D eigenvalue weighted by Crippen LogP contribution is 2.12. The van der Waals surface area contributed by atoms with E-state index in [1.54, 1.807) is 13.2 Å². The van der Waals surface area contributed by atoms with Gasteiger partial charge in [-0.05, 0) is 12.5 Å². The van der Waals surface area contributed by atoms with E-state index in [9.17, 15) is 9.18 Å². The van der Waals surface area contributed by atoms with E-state index in [1.807, 2.05) is 6.92 Å². The van der Waals surface area contributed by atoms with Crippen molar-refractivity contribution in [2.24, 2.45) is 7.05 Å².